The van der Waals surface area contributed by atoms with Crippen molar-refractivity contribution >= 4 is 11.6 Å². The van der Waals surface area contributed by atoms with Crippen LogP contribution < -0.4 is 5.73 Å². The van der Waals surface area contributed by atoms with Crippen LogP contribution in [0, 0.1) is 5.82 Å². The zero-order valence-electron chi connectivity index (χ0n) is 16.1. The van der Waals surface area contributed by atoms with E-state index in [9.17, 15) is 4.39 Å². The van der Waals surface area contributed by atoms with Gasteiger partial charge in [-0.1, -0.05) is 12.1 Å². The molecule has 2 N–H and O–H groups in total. The van der Waals surface area contributed by atoms with Crippen molar-refractivity contribution in [3.05, 3.63) is 84.7 Å². The Balaban J connectivity index is 1.46. The highest BCUT2D eigenvalue weighted by molar-refractivity contribution is 5.72. The van der Waals surface area contributed by atoms with Gasteiger partial charge in [-0.3, -0.25) is 9.67 Å². The van der Waals surface area contributed by atoms with E-state index in [1.54, 1.807) is 29.0 Å². The molecule has 4 aromatic heterocycles. The second kappa shape index (κ2) is 7.07. The van der Waals surface area contributed by atoms with Crippen molar-refractivity contribution in [2.24, 2.45) is 0 Å². The average Bonchev–Trinajstić information content (AvgIpc) is 3.39. The Kier molecular flexibility index (Phi) is 4.24. The Bertz CT molecular complexity index is 1340. The number of hydrogen-bond donors (Lipinski definition) is 1. The van der Waals surface area contributed by atoms with Crippen LogP contribution >= 0.6 is 0 Å². The predicted molar refractivity (Wildman–Crippen MR) is 112 cm³/mol. The highest BCUT2D eigenvalue weighted by Crippen LogP contribution is 2.26. The summed E-state index contributed by atoms with van der Waals surface area (Å²) in [5, 5.41) is 8.59. The van der Waals surface area contributed by atoms with Gasteiger partial charge in [0.05, 0.1) is 17.9 Å². The van der Waals surface area contributed by atoms with Gasteiger partial charge < -0.3 is 5.73 Å². The van der Waals surface area contributed by atoms with Crippen LogP contribution in [-0.2, 0) is 0 Å². The molecule has 0 saturated carbocycles. The fourth-order valence-corrected chi connectivity index (χ4v) is 3.42. The monoisotopic (exact) mass is 399 g/mol. The first kappa shape index (κ1) is 18.0. The van der Waals surface area contributed by atoms with E-state index in [2.05, 4.69) is 20.2 Å². The van der Waals surface area contributed by atoms with Gasteiger partial charge in [0.2, 0.25) is 5.95 Å². The first-order valence-electron chi connectivity index (χ1n) is 9.45. The number of nitrogens with zero attached hydrogens (tertiary/aromatic N) is 6. The zero-order valence-corrected chi connectivity index (χ0v) is 16.1. The number of aromatic nitrogens is 6. The molecule has 30 heavy (non-hydrogen) atoms. The molecule has 0 amide bonds. The van der Waals surface area contributed by atoms with Crippen LogP contribution in [0.15, 0.2) is 73.3 Å². The van der Waals surface area contributed by atoms with Gasteiger partial charge in [0.15, 0.2) is 5.65 Å². The highest BCUT2D eigenvalue weighted by atomic mass is 19.1. The molecule has 8 heteroatoms. The van der Waals surface area contributed by atoms with Crippen LogP contribution in [-0.4, -0.2) is 29.4 Å². The number of nitrogens with two attached hydrogens (primary N) is 1. The minimum absolute atomic E-state index is 0.0247. The Hall–Kier alpha value is -4.07. The first-order valence-corrected chi connectivity index (χ1v) is 9.45. The van der Waals surface area contributed by atoms with Crippen LogP contribution in [0.5, 0.6) is 0 Å². The number of rotatable bonds is 4. The normalized spacial score (nSPS) is 12.3. The molecule has 0 aliphatic heterocycles. The molecular formula is C22H18FN7. The van der Waals surface area contributed by atoms with Crippen LogP contribution in [0.1, 0.15) is 18.5 Å². The molecule has 0 fully saturated rings. The highest BCUT2D eigenvalue weighted by Gasteiger charge is 2.12. The summed E-state index contributed by atoms with van der Waals surface area (Å²) in [7, 11) is 0. The minimum atomic E-state index is -0.250. The van der Waals surface area contributed by atoms with E-state index in [-0.39, 0.29) is 17.8 Å². The molecule has 5 rings (SSSR count). The Morgan fingerprint density at radius 1 is 1.00 bits per heavy atom. The molecule has 4 heterocycles. The van der Waals surface area contributed by atoms with Crippen molar-refractivity contribution in [3.8, 4) is 22.4 Å². The van der Waals surface area contributed by atoms with Crippen molar-refractivity contribution in [2.75, 3.05) is 5.73 Å². The zero-order chi connectivity index (χ0) is 20.7. The first-order chi connectivity index (χ1) is 14.6. The number of hydrogen-bond acceptors (Lipinski definition) is 5. The van der Waals surface area contributed by atoms with E-state index in [4.69, 9.17) is 5.73 Å². The molecule has 0 aliphatic rings. The van der Waals surface area contributed by atoms with Crippen molar-refractivity contribution in [2.45, 2.75) is 13.0 Å². The van der Waals surface area contributed by atoms with Crippen LogP contribution in [0.25, 0.3) is 28.0 Å². The molecule has 0 radical (unpaired) electrons. The van der Waals surface area contributed by atoms with Crippen LogP contribution in [0.4, 0.5) is 10.3 Å². The fourth-order valence-electron chi connectivity index (χ4n) is 3.42. The van der Waals surface area contributed by atoms with Gasteiger partial charge in [0.25, 0.3) is 0 Å². The third-order valence-electron chi connectivity index (χ3n) is 5.09. The maximum absolute atomic E-state index is 13.2. The number of nitrogen functional groups attached to an aromatic ring is 1. The quantitative estimate of drug-likeness (QED) is 0.494. The standard InChI is InChI=1S/C22H18FN7/c1-14(15-2-4-19(23)5-3-15)30-13-18(12-26-30)20-10-16(6-8-25-20)17-7-9-29-21(11-17)27-22(24)28-29/h2-14H,1H3,(H2,24,28). The minimum Gasteiger partial charge on any atom is -0.366 e. The topological polar surface area (TPSA) is 86.9 Å². The molecule has 0 aliphatic carbocycles. The Morgan fingerprint density at radius 2 is 1.80 bits per heavy atom. The summed E-state index contributed by atoms with van der Waals surface area (Å²) in [5.41, 5.74) is 11.0. The van der Waals surface area contributed by atoms with Gasteiger partial charge in [0.1, 0.15) is 5.82 Å². The van der Waals surface area contributed by atoms with E-state index >= 15 is 0 Å². The number of halogens is 1. The Labute approximate surface area is 171 Å². The number of anilines is 1. The van der Waals surface area contributed by atoms with Gasteiger partial charge in [0, 0.05) is 24.2 Å². The van der Waals surface area contributed by atoms with E-state index in [0.29, 0.717) is 5.65 Å². The van der Waals surface area contributed by atoms with E-state index in [1.807, 2.05) is 48.3 Å². The second-order valence-corrected chi connectivity index (χ2v) is 7.05. The number of fused-ring (bicyclic) bond motifs is 1. The lowest BCUT2D eigenvalue weighted by molar-refractivity contribution is 0.561. The van der Waals surface area contributed by atoms with E-state index < -0.39 is 0 Å². The van der Waals surface area contributed by atoms with Crippen molar-refractivity contribution in [1.82, 2.24) is 29.4 Å². The molecule has 0 bridgehead atoms. The maximum atomic E-state index is 13.2. The van der Waals surface area contributed by atoms with Crippen molar-refractivity contribution < 1.29 is 4.39 Å². The molecule has 0 spiro atoms. The van der Waals surface area contributed by atoms with Gasteiger partial charge in [-0.15, -0.1) is 5.10 Å². The van der Waals surface area contributed by atoms with E-state index in [1.165, 1.54) is 12.1 Å². The molecule has 7 nitrogen and oxygen atoms in total. The summed E-state index contributed by atoms with van der Waals surface area (Å²) in [6.07, 6.45) is 7.33. The van der Waals surface area contributed by atoms with Gasteiger partial charge >= 0.3 is 0 Å². The van der Waals surface area contributed by atoms with Crippen LogP contribution in [0.3, 0.4) is 0 Å². The SMILES string of the molecule is CC(c1ccc(F)cc1)n1cc(-c2cc(-c3ccn4nc(N)nc4c3)ccn2)cn1. The number of pyridine rings is 2. The molecule has 148 valence electrons. The second-order valence-electron chi connectivity index (χ2n) is 7.05. The van der Waals surface area contributed by atoms with Gasteiger partial charge in [-0.25, -0.2) is 8.91 Å². The molecule has 1 atom stereocenters. The van der Waals surface area contributed by atoms with Crippen molar-refractivity contribution in [3.63, 3.8) is 0 Å². The van der Waals surface area contributed by atoms with E-state index in [0.717, 1.165) is 27.9 Å². The average molecular weight is 399 g/mol. The third-order valence-corrected chi connectivity index (χ3v) is 5.09. The largest absolute Gasteiger partial charge is 0.366 e. The summed E-state index contributed by atoms with van der Waals surface area (Å²) >= 11 is 0. The Morgan fingerprint density at radius 3 is 2.63 bits per heavy atom. The molecule has 1 aromatic carbocycles. The maximum Gasteiger partial charge on any atom is 0.240 e. The molecular weight excluding hydrogens is 381 g/mol. The summed E-state index contributed by atoms with van der Waals surface area (Å²) in [4.78, 5) is 8.72. The smallest absolute Gasteiger partial charge is 0.240 e. The summed E-state index contributed by atoms with van der Waals surface area (Å²) in [6, 6.07) is 14.3. The lowest BCUT2D eigenvalue weighted by atomic mass is 10.1. The fraction of sp³-hybridized carbons (Fsp3) is 0.0909. The van der Waals surface area contributed by atoms with Crippen molar-refractivity contribution in [1.29, 1.82) is 0 Å². The molecule has 1 unspecified atom stereocenters. The molecule has 5 aromatic rings. The van der Waals surface area contributed by atoms with Gasteiger partial charge in [-0.05, 0) is 60.0 Å². The summed E-state index contributed by atoms with van der Waals surface area (Å²) in [6.45, 7) is 2.02. The van der Waals surface area contributed by atoms with Gasteiger partial charge in [-0.2, -0.15) is 10.1 Å². The molecule has 0 saturated heterocycles. The predicted octanol–water partition coefficient (Wildman–Crippen LogP) is 3.99. The lowest BCUT2D eigenvalue weighted by Gasteiger charge is -2.12. The van der Waals surface area contributed by atoms with Crippen LogP contribution in [0.2, 0.25) is 0 Å². The number of benzene rings is 1. The third kappa shape index (κ3) is 3.28. The summed E-state index contributed by atoms with van der Waals surface area (Å²) < 4.78 is 16.7. The summed E-state index contributed by atoms with van der Waals surface area (Å²) in [5.74, 6) is -0.00891. The lowest BCUT2D eigenvalue weighted by Crippen LogP contribution is -2.06.